The average molecular weight is 331 g/mol. The van der Waals surface area contributed by atoms with Gasteiger partial charge in [0.05, 0.1) is 12.0 Å². The van der Waals surface area contributed by atoms with E-state index in [2.05, 4.69) is 15.1 Å². The van der Waals surface area contributed by atoms with E-state index in [9.17, 15) is 9.18 Å². The van der Waals surface area contributed by atoms with Gasteiger partial charge in [-0.3, -0.25) is 9.69 Å². The predicted octanol–water partition coefficient (Wildman–Crippen LogP) is 2.36. The van der Waals surface area contributed by atoms with Gasteiger partial charge in [-0.2, -0.15) is 0 Å². The molecule has 24 heavy (non-hydrogen) atoms. The Morgan fingerprint density at radius 1 is 1.12 bits per heavy atom. The minimum atomic E-state index is -0.177. The monoisotopic (exact) mass is 331 g/mol. The lowest BCUT2D eigenvalue weighted by Crippen LogP contribution is -2.47. The molecule has 1 fully saturated rings. The average Bonchev–Trinajstić information content (AvgIpc) is 3.14. The number of halogens is 1. The summed E-state index contributed by atoms with van der Waals surface area (Å²) in [6.45, 7) is 4.98. The molecule has 1 amide bonds. The van der Waals surface area contributed by atoms with Crippen molar-refractivity contribution < 1.29 is 13.6 Å². The Bertz CT molecular complexity index is 652. The molecule has 0 saturated carbocycles. The topological polar surface area (TPSA) is 48.7 Å². The number of rotatable bonds is 6. The first-order valence-electron chi connectivity index (χ1n) is 8.27. The molecule has 0 radical (unpaired) electrons. The third kappa shape index (κ3) is 4.14. The van der Waals surface area contributed by atoms with Gasteiger partial charge in [0.15, 0.2) is 5.76 Å². The first-order valence-corrected chi connectivity index (χ1v) is 8.27. The molecule has 2 aromatic rings. The summed E-state index contributed by atoms with van der Waals surface area (Å²) in [5.74, 6) is 0.00413. The second kappa shape index (κ2) is 7.97. The van der Waals surface area contributed by atoms with E-state index in [-0.39, 0.29) is 11.7 Å². The van der Waals surface area contributed by atoms with Crippen molar-refractivity contribution in [3.8, 4) is 0 Å². The lowest BCUT2D eigenvalue weighted by molar-refractivity contribution is 0.0924. The summed E-state index contributed by atoms with van der Waals surface area (Å²) in [7, 11) is 0. The SMILES string of the molecule is O=C(NCCCN1CCN(c2ccccc2F)CC1)c1ccco1. The van der Waals surface area contributed by atoms with Crippen LogP contribution in [0.5, 0.6) is 0 Å². The molecule has 1 N–H and O–H groups in total. The molecule has 1 aliphatic heterocycles. The molecule has 1 aromatic carbocycles. The van der Waals surface area contributed by atoms with Crippen molar-refractivity contribution in [3.05, 3.63) is 54.2 Å². The van der Waals surface area contributed by atoms with Crippen LogP contribution in [0.4, 0.5) is 10.1 Å². The van der Waals surface area contributed by atoms with Gasteiger partial charge >= 0.3 is 0 Å². The molecular weight excluding hydrogens is 309 g/mol. The third-order valence-corrected chi connectivity index (χ3v) is 4.25. The van der Waals surface area contributed by atoms with Gasteiger partial charge in [0.25, 0.3) is 5.91 Å². The quantitative estimate of drug-likeness (QED) is 0.826. The van der Waals surface area contributed by atoms with Gasteiger partial charge in [0.1, 0.15) is 5.82 Å². The number of amides is 1. The molecule has 5 nitrogen and oxygen atoms in total. The summed E-state index contributed by atoms with van der Waals surface area (Å²) in [6, 6.07) is 10.3. The van der Waals surface area contributed by atoms with Crippen molar-refractivity contribution in [1.29, 1.82) is 0 Å². The van der Waals surface area contributed by atoms with E-state index >= 15 is 0 Å². The number of nitrogens with zero attached hydrogens (tertiary/aromatic N) is 2. The normalized spacial score (nSPS) is 15.5. The highest BCUT2D eigenvalue weighted by molar-refractivity contribution is 5.91. The first kappa shape index (κ1) is 16.5. The minimum absolute atomic E-state index is 0.161. The number of carbonyl (C=O) groups excluding carboxylic acids is 1. The van der Waals surface area contributed by atoms with Crippen molar-refractivity contribution in [1.82, 2.24) is 10.2 Å². The van der Waals surface area contributed by atoms with Gasteiger partial charge in [0.2, 0.25) is 0 Å². The van der Waals surface area contributed by atoms with E-state index in [1.165, 1.54) is 12.3 Å². The number of hydrogen-bond donors (Lipinski definition) is 1. The molecule has 6 heteroatoms. The number of hydrogen-bond acceptors (Lipinski definition) is 4. The highest BCUT2D eigenvalue weighted by atomic mass is 19.1. The summed E-state index contributed by atoms with van der Waals surface area (Å²) in [6.07, 6.45) is 2.37. The van der Waals surface area contributed by atoms with E-state index in [4.69, 9.17) is 4.42 Å². The van der Waals surface area contributed by atoms with E-state index in [0.29, 0.717) is 18.0 Å². The summed E-state index contributed by atoms with van der Waals surface area (Å²) in [5, 5.41) is 2.85. The van der Waals surface area contributed by atoms with Crippen molar-refractivity contribution >= 4 is 11.6 Å². The molecule has 3 rings (SSSR count). The highest BCUT2D eigenvalue weighted by Gasteiger charge is 2.18. The van der Waals surface area contributed by atoms with Crippen molar-refractivity contribution in [2.24, 2.45) is 0 Å². The Hall–Kier alpha value is -2.34. The molecule has 1 aromatic heterocycles. The van der Waals surface area contributed by atoms with Crippen LogP contribution in [-0.2, 0) is 0 Å². The van der Waals surface area contributed by atoms with E-state index in [0.717, 1.165) is 39.1 Å². The van der Waals surface area contributed by atoms with Crippen LogP contribution in [0.15, 0.2) is 47.1 Å². The zero-order chi connectivity index (χ0) is 16.8. The van der Waals surface area contributed by atoms with Crippen molar-refractivity contribution in [2.75, 3.05) is 44.2 Å². The fourth-order valence-electron chi connectivity index (χ4n) is 2.92. The third-order valence-electron chi connectivity index (χ3n) is 4.25. The van der Waals surface area contributed by atoms with Crippen LogP contribution < -0.4 is 10.2 Å². The first-order chi connectivity index (χ1) is 11.7. The van der Waals surface area contributed by atoms with Gasteiger partial charge < -0.3 is 14.6 Å². The molecular formula is C18H22FN3O2. The maximum absolute atomic E-state index is 13.8. The number of carbonyl (C=O) groups is 1. The summed E-state index contributed by atoms with van der Waals surface area (Å²) in [4.78, 5) is 16.2. The minimum Gasteiger partial charge on any atom is -0.459 e. The zero-order valence-corrected chi connectivity index (χ0v) is 13.6. The zero-order valence-electron chi connectivity index (χ0n) is 13.6. The fourth-order valence-corrected chi connectivity index (χ4v) is 2.92. The maximum Gasteiger partial charge on any atom is 0.286 e. The standard InChI is InChI=1S/C18H22FN3O2/c19-15-5-1-2-6-16(15)22-12-10-21(11-13-22)9-4-8-20-18(23)17-7-3-14-24-17/h1-3,5-7,14H,4,8-13H2,(H,20,23). The van der Waals surface area contributed by atoms with Gasteiger partial charge in [-0.1, -0.05) is 12.1 Å². The molecule has 0 unspecified atom stereocenters. The van der Waals surface area contributed by atoms with E-state index in [1.807, 2.05) is 12.1 Å². The fraction of sp³-hybridized carbons (Fsp3) is 0.389. The predicted molar refractivity (Wildman–Crippen MR) is 90.7 cm³/mol. The molecule has 1 aliphatic rings. The Morgan fingerprint density at radius 3 is 2.62 bits per heavy atom. The largest absolute Gasteiger partial charge is 0.459 e. The van der Waals surface area contributed by atoms with E-state index < -0.39 is 0 Å². The second-order valence-corrected chi connectivity index (χ2v) is 5.87. The smallest absolute Gasteiger partial charge is 0.286 e. The van der Waals surface area contributed by atoms with Crippen LogP contribution in [0.3, 0.4) is 0 Å². The molecule has 0 bridgehead atoms. The Kier molecular flexibility index (Phi) is 5.48. The number of anilines is 1. The van der Waals surface area contributed by atoms with Gasteiger partial charge in [0, 0.05) is 32.7 Å². The van der Waals surface area contributed by atoms with Gasteiger partial charge in [-0.25, -0.2) is 4.39 Å². The lowest BCUT2D eigenvalue weighted by Gasteiger charge is -2.36. The molecule has 0 atom stereocenters. The number of furan rings is 1. The summed E-state index contributed by atoms with van der Waals surface area (Å²) < 4.78 is 18.9. The van der Waals surface area contributed by atoms with Crippen LogP contribution in [0.25, 0.3) is 0 Å². The molecule has 2 heterocycles. The van der Waals surface area contributed by atoms with Crippen molar-refractivity contribution in [3.63, 3.8) is 0 Å². The number of nitrogens with one attached hydrogen (secondary N) is 1. The molecule has 0 spiro atoms. The Balaban J connectivity index is 1.35. The Morgan fingerprint density at radius 2 is 1.92 bits per heavy atom. The van der Waals surface area contributed by atoms with E-state index in [1.54, 1.807) is 18.2 Å². The number of piperazine rings is 1. The second-order valence-electron chi connectivity index (χ2n) is 5.87. The summed E-state index contributed by atoms with van der Waals surface area (Å²) in [5.41, 5.74) is 0.683. The Labute approximate surface area is 141 Å². The number of para-hydroxylation sites is 1. The van der Waals surface area contributed by atoms with Gasteiger partial charge in [-0.15, -0.1) is 0 Å². The van der Waals surface area contributed by atoms with Crippen LogP contribution in [-0.4, -0.2) is 50.1 Å². The molecule has 128 valence electrons. The van der Waals surface area contributed by atoms with Crippen LogP contribution in [0, 0.1) is 5.82 Å². The van der Waals surface area contributed by atoms with Crippen LogP contribution >= 0.6 is 0 Å². The van der Waals surface area contributed by atoms with Crippen LogP contribution in [0.1, 0.15) is 17.0 Å². The molecule has 0 aliphatic carbocycles. The van der Waals surface area contributed by atoms with Gasteiger partial charge in [-0.05, 0) is 37.2 Å². The van der Waals surface area contributed by atoms with Crippen LogP contribution in [0.2, 0.25) is 0 Å². The summed E-state index contributed by atoms with van der Waals surface area (Å²) >= 11 is 0. The number of benzene rings is 1. The maximum atomic E-state index is 13.8. The molecule has 1 saturated heterocycles. The highest BCUT2D eigenvalue weighted by Crippen LogP contribution is 2.20. The lowest BCUT2D eigenvalue weighted by atomic mass is 10.2. The van der Waals surface area contributed by atoms with Crippen molar-refractivity contribution in [2.45, 2.75) is 6.42 Å².